The molecule has 2 atom stereocenters. The second kappa shape index (κ2) is 9.48. The first-order chi connectivity index (χ1) is 15.5. The highest BCUT2D eigenvalue weighted by Crippen LogP contribution is 2.23. The number of benzene rings is 2. The Morgan fingerprint density at radius 2 is 1.44 bits per heavy atom. The van der Waals surface area contributed by atoms with E-state index in [0.29, 0.717) is 6.42 Å². The molecule has 0 bridgehead atoms. The van der Waals surface area contributed by atoms with Gasteiger partial charge in [0.15, 0.2) is 0 Å². The largest absolute Gasteiger partial charge is 0.497 e. The molecule has 0 amide bonds. The highest BCUT2D eigenvalue weighted by Gasteiger charge is 2.21. The maximum Gasteiger partial charge on any atom is 0.350 e. The quantitative estimate of drug-likeness (QED) is 0.613. The number of hydrogen-bond acceptors (Lipinski definition) is 6. The van der Waals surface area contributed by atoms with Crippen LogP contribution in [0.15, 0.2) is 59.7 Å². The Labute approximate surface area is 188 Å². The van der Waals surface area contributed by atoms with Crippen molar-refractivity contribution in [1.29, 1.82) is 0 Å². The number of methoxy groups -OCH3 is 1. The average Bonchev–Trinajstić information content (AvgIpc) is 3.20. The van der Waals surface area contributed by atoms with E-state index < -0.39 is 6.10 Å². The first kappa shape index (κ1) is 22.0. The van der Waals surface area contributed by atoms with E-state index in [1.807, 2.05) is 43.3 Å². The van der Waals surface area contributed by atoms with E-state index in [-0.39, 0.29) is 11.7 Å². The number of ether oxygens (including phenoxy) is 1. The zero-order valence-corrected chi connectivity index (χ0v) is 18.9. The van der Waals surface area contributed by atoms with E-state index in [4.69, 9.17) is 4.74 Å². The lowest BCUT2D eigenvalue weighted by atomic mass is 10.1. The second-order valence-electron chi connectivity index (χ2n) is 8.13. The Hall–Kier alpha value is -3.26. The molecule has 1 aromatic heterocycles. The molecule has 2 heterocycles. The van der Waals surface area contributed by atoms with Gasteiger partial charge in [-0.2, -0.15) is 5.10 Å². The summed E-state index contributed by atoms with van der Waals surface area (Å²) in [6.07, 6.45) is 1.52. The number of rotatable bonds is 7. The monoisotopic (exact) mass is 437 g/mol. The van der Waals surface area contributed by atoms with Crippen LogP contribution in [0.1, 0.15) is 26.3 Å². The molecule has 4 rings (SSSR count). The molecule has 1 fully saturated rings. The van der Waals surface area contributed by atoms with Crippen LogP contribution in [0.4, 0.5) is 11.4 Å². The van der Waals surface area contributed by atoms with Crippen LogP contribution in [-0.2, 0) is 0 Å². The fraction of sp³-hybridized carbons (Fsp3) is 0.417. The molecule has 1 aliphatic heterocycles. The van der Waals surface area contributed by atoms with Gasteiger partial charge in [0.05, 0.1) is 24.9 Å². The molecule has 0 saturated carbocycles. The normalized spacial score (nSPS) is 16.1. The topological polar surface area (TPSA) is 75.8 Å². The molecule has 2 aromatic carbocycles. The number of piperazine rings is 1. The van der Waals surface area contributed by atoms with E-state index >= 15 is 0 Å². The summed E-state index contributed by atoms with van der Waals surface area (Å²) in [5.41, 5.74) is 2.87. The average molecular weight is 438 g/mol. The Morgan fingerprint density at radius 1 is 0.938 bits per heavy atom. The van der Waals surface area contributed by atoms with Crippen LogP contribution in [0, 0.1) is 0 Å². The van der Waals surface area contributed by atoms with Gasteiger partial charge in [-0.1, -0.05) is 6.92 Å². The minimum absolute atomic E-state index is 0.237. The Morgan fingerprint density at radius 3 is 1.91 bits per heavy atom. The van der Waals surface area contributed by atoms with Crippen molar-refractivity contribution < 1.29 is 9.84 Å². The van der Waals surface area contributed by atoms with Gasteiger partial charge in [-0.3, -0.25) is 0 Å². The van der Waals surface area contributed by atoms with Crippen molar-refractivity contribution in [3.05, 3.63) is 65.3 Å². The summed E-state index contributed by atoms with van der Waals surface area (Å²) in [6, 6.07) is 15.9. The van der Waals surface area contributed by atoms with Gasteiger partial charge in [-0.25, -0.2) is 14.0 Å². The van der Waals surface area contributed by atoms with E-state index in [0.717, 1.165) is 43.3 Å². The van der Waals surface area contributed by atoms with Crippen LogP contribution in [-0.4, -0.2) is 58.8 Å². The van der Waals surface area contributed by atoms with Crippen LogP contribution >= 0.6 is 0 Å². The Bertz CT molecular complexity index is 1060. The Kier molecular flexibility index (Phi) is 6.50. The predicted octanol–water partition coefficient (Wildman–Crippen LogP) is 2.70. The van der Waals surface area contributed by atoms with Gasteiger partial charge in [0.2, 0.25) is 0 Å². The molecule has 1 unspecified atom stereocenters. The summed E-state index contributed by atoms with van der Waals surface area (Å²) in [7, 11) is 1.68. The molecule has 0 radical (unpaired) electrons. The number of aliphatic hydroxyl groups excluding tert-OH is 1. The molecule has 1 saturated heterocycles. The molecule has 1 N–H and O–H groups in total. The maximum atomic E-state index is 12.8. The highest BCUT2D eigenvalue weighted by atomic mass is 16.5. The summed E-state index contributed by atoms with van der Waals surface area (Å²) >= 11 is 0. The summed E-state index contributed by atoms with van der Waals surface area (Å²) in [4.78, 5) is 17.5. The van der Waals surface area contributed by atoms with Crippen molar-refractivity contribution in [3.8, 4) is 11.4 Å². The molecule has 8 nitrogen and oxygen atoms in total. The van der Waals surface area contributed by atoms with E-state index in [9.17, 15) is 9.90 Å². The van der Waals surface area contributed by atoms with E-state index in [2.05, 4.69) is 27.0 Å². The number of anilines is 2. The van der Waals surface area contributed by atoms with Crippen LogP contribution in [0.5, 0.6) is 5.75 Å². The Balaban J connectivity index is 1.42. The molecule has 1 aliphatic rings. The number of aromatic nitrogens is 3. The van der Waals surface area contributed by atoms with Crippen LogP contribution in [0.3, 0.4) is 0 Å². The molecular formula is C24H31N5O3. The van der Waals surface area contributed by atoms with Crippen molar-refractivity contribution in [2.75, 3.05) is 43.1 Å². The van der Waals surface area contributed by atoms with Crippen molar-refractivity contribution in [3.63, 3.8) is 0 Å². The third kappa shape index (κ3) is 4.36. The standard InChI is InChI=1S/C24H31N5O3/c1-4-23(18(2)30)29-24(31)28(17-25-29)21-7-5-19(6-8-21)26-13-15-27(16-14-26)20-9-11-22(32-3)12-10-20/h5-12,17-18,23,30H,4,13-16H2,1-3H3/t18-,23?/m0/s1. The third-order valence-electron chi connectivity index (χ3n) is 6.19. The third-order valence-corrected chi connectivity index (χ3v) is 6.19. The van der Waals surface area contributed by atoms with Crippen molar-refractivity contribution in [2.24, 2.45) is 0 Å². The molecule has 3 aromatic rings. The number of hydrogen-bond donors (Lipinski definition) is 1. The molecule has 0 aliphatic carbocycles. The zero-order chi connectivity index (χ0) is 22.7. The van der Waals surface area contributed by atoms with Gasteiger partial charge < -0.3 is 19.6 Å². The van der Waals surface area contributed by atoms with Gasteiger partial charge in [-0.05, 0) is 61.9 Å². The molecule has 8 heteroatoms. The van der Waals surface area contributed by atoms with E-state index in [1.165, 1.54) is 21.3 Å². The molecule has 32 heavy (non-hydrogen) atoms. The van der Waals surface area contributed by atoms with Crippen LogP contribution < -0.4 is 20.2 Å². The van der Waals surface area contributed by atoms with Crippen molar-refractivity contribution in [1.82, 2.24) is 14.3 Å². The van der Waals surface area contributed by atoms with Gasteiger partial charge >= 0.3 is 5.69 Å². The van der Waals surface area contributed by atoms with Gasteiger partial charge in [-0.15, -0.1) is 0 Å². The smallest absolute Gasteiger partial charge is 0.350 e. The fourth-order valence-corrected chi connectivity index (χ4v) is 4.28. The molecule has 0 spiro atoms. The van der Waals surface area contributed by atoms with E-state index in [1.54, 1.807) is 14.0 Å². The minimum Gasteiger partial charge on any atom is -0.497 e. The summed E-state index contributed by atoms with van der Waals surface area (Å²) in [5, 5.41) is 14.2. The lowest BCUT2D eigenvalue weighted by Crippen LogP contribution is -2.46. The van der Waals surface area contributed by atoms with Crippen molar-refractivity contribution >= 4 is 11.4 Å². The maximum absolute atomic E-state index is 12.8. The molecule has 170 valence electrons. The molecular weight excluding hydrogens is 406 g/mol. The van der Waals surface area contributed by atoms with Crippen LogP contribution in [0.2, 0.25) is 0 Å². The van der Waals surface area contributed by atoms with Crippen LogP contribution in [0.25, 0.3) is 5.69 Å². The summed E-state index contributed by atoms with van der Waals surface area (Å²) < 4.78 is 8.14. The fourth-order valence-electron chi connectivity index (χ4n) is 4.28. The first-order valence-corrected chi connectivity index (χ1v) is 11.1. The van der Waals surface area contributed by atoms with Gasteiger partial charge in [0, 0.05) is 37.6 Å². The lowest BCUT2D eigenvalue weighted by molar-refractivity contribution is 0.118. The number of nitrogens with zero attached hydrogens (tertiary/aromatic N) is 5. The van der Waals surface area contributed by atoms with Crippen molar-refractivity contribution in [2.45, 2.75) is 32.4 Å². The summed E-state index contributed by atoms with van der Waals surface area (Å²) in [5.74, 6) is 0.869. The second-order valence-corrected chi connectivity index (χ2v) is 8.13. The highest BCUT2D eigenvalue weighted by molar-refractivity contribution is 5.54. The SMILES string of the molecule is CCC([C@H](C)O)n1ncn(-c2ccc(N3CCN(c4ccc(OC)cc4)CC3)cc2)c1=O. The van der Waals surface area contributed by atoms with Gasteiger partial charge in [0.25, 0.3) is 0 Å². The van der Waals surface area contributed by atoms with Gasteiger partial charge in [0.1, 0.15) is 12.1 Å². The number of aliphatic hydroxyl groups is 1. The predicted molar refractivity (Wildman–Crippen MR) is 126 cm³/mol. The zero-order valence-electron chi connectivity index (χ0n) is 18.9. The first-order valence-electron chi connectivity index (χ1n) is 11.1. The lowest BCUT2D eigenvalue weighted by Gasteiger charge is -2.37. The summed E-state index contributed by atoms with van der Waals surface area (Å²) in [6.45, 7) is 7.36. The minimum atomic E-state index is -0.639.